The lowest BCUT2D eigenvalue weighted by molar-refractivity contribution is 0.0949. The summed E-state index contributed by atoms with van der Waals surface area (Å²) in [5, 5.41) is 11.8. The maximum Gasteiger partial charge on any atom is 0.261 e. The number of carbonyl (C=O) groups is 1. The van der Waals surface area contributed by atoms with Gasteiger partial charge in [0.15, 0.2) is 0 Å². The van der Waals surface area contributed by atoms with Crippen molar-refractivity contribution in [3.05, 3.63) is 21.4 Å². The fourth-order valence-corrected chi connectivity index (χ4v) is 3.26. The molecule has 1 unspecified atom stereocenters. The van der Waals surface area contributed by atoms with Gasteiger partial charge in [-0.3, -0.25) is 4.79 Å². The first-order valence-electron chi connectivity index (χ1n) is 7.12. The highest BCUT2D eigenvalue weighted by atomic mass is 32.1. The van der Waals surface area contributed by atoms with Crippen LogP contribution in [0.5, 0.6) is 0 Å². The molecule has 1 amide bonds. The number of carbonyl (C=O) groups excluding carboxylic acids is 1. The average Bonchev–Trinajstić information content (AvgIpc) is 2.80. The summed E-state index contributed by atoms with van der Waals surface area (Å²) < 4.78 is 0. The number of hydrogen-bond acceptors (Lipinski definition) is 3. The highest BCUT2D eigenvalue weighted by molar-refractivity contribution is 7.14. The molecule has 2 N–H and O–H groups in total. The molecule has 3 nitrogen and oxygen atoms in total. The number of hydrogen-bond donors (Lipinski definition) is 2. The standard InChI is InChI=1S/C15H25NO2S/c1-4-6-13-12(5-2)9-14(19-13)15(18)16-10-11(3)7-8-17/h9,11,17H,4-8,10H2,1-3H3,(H,16,18). The van der Waals surface area contributed by atoms with Crippen LogP contribution in [0.15, 0.2) is 6.07 Å². The monoisotopic (exact) mass is 283 g/mol. The van der Waals surface area contributed by atoms with Gasteiger partial charge < -0.3 is 10.4 Å². The maximum atomic E-state index is 12.1. The third kappa shape index (κ3) is 4.96. The molecule has 1 aromatic heterocycles. The lowest BCUT2D eigenvalue weighted by atomic mass is 10.1. The molecule has 108 valence electrons. The van der Waals surface area contributed by atoms with Gasteiger partial charge in [0.1, 0.15) is 0 Å². The summed E-state index contributed by atoms with van der Waals surface area (Å²) in [6, 6.07) is 2.03. The minimum absolute atomic E-state index is 0.0202. The van der Waals surface area contributed by atoms with Gasteiger partial charge in [0.2, 0.25) is 0 Å². The van der Waals surface area contributed by atoms with Crippen LogP contribution in [0.25, 0.3) is 0 Å². The number of aliphatic hydroxyl groups is 1. The lowest BCUT2D eigenvalue weighted by Crippen LogP contribution is -2.28. The van der Waals surface area contributed by atoms with Crippen molar-refractivity contribution in [1.82, 2.24) is 5.32 Å². The van der Waals surface area contributed by atoms with Crippen LogP contribution >= 0.6 is 11.3 Å². The van der Waals surface area contributed by atoms with Crippen LogP contribution in [0.1, 0.15) is 53.7 Å². The molecule has 0 bridgehead atoms. The van der Waals surface area contributed by atoms with Crippen molar-refractivity contribution in [3.63, 3.8) is 0 Å². The Morgan fingerprint density at radius 3 is 2.79 bits per heavy atom. The number of rotatable bonds is 8. The van der Waals surface area contributed by atoms with Gasteiger partial charge >= 0.3 is 0 Å². The van der Waals surface area contributed by atoms with Crippen LogP contribution in [0, 0.1) is 5.92 Å². The molecule has 0 aliphatic carbocycles. The van der Waals surface area contributed by atoms with Crippen molar-refractivity contribution in [3.8, 4) is 0 Å². The number of aryl methyl sites for hydroxylation is 2. The van der Waals surface area contributed by atoms with E-state index in [4.69, 9.17) is 5.11 Å². The van der Waals surface area contributed by atoms with E-state index in [0.717, 1.165) is 30.6 Å². The molecular formula is C15H25NO2S. The molecule has 0 aliphatic rings. The second-order valence-electron chi connectivity index (χ2n) is 4.99. The first-order chi connectivity index (χ1) is 9.12. The molecule has 0 fully saturated rings. The summed E-state index contributed by atoms with van der Waals surface area (Å²) >= 11 is 1.62. The van der Waals surface area contributed by atoms with E-state index in [-0.39, 0.29) is 12.5 Å². The molecule has 0 radical (unpaired) electrons. The number of nitrogens with one attached hydrogen (secondary N) is 1. The third-order valence-electron chi connectivity index (χ3n) is 3.21. The van der Waals surface area contributed by atoms with E-state index >= 15 is 0 Å². The van der Waals surface area contributed by atoms with Crippen LogP contribution < -0.4 is 5.32 Å². The Kier molecular flexibility index (Phi) is 7.10. The molecule has 1 heterocycles. The molecule has 1 aromatic rings. The van der Waals surface area contributed by atoms with Crippen LogP contribution in [-0.4, -0.2) is 24.2 Å². The molecule has 4 heteroatoms. The van der Waals surface area contributed by atoms with Gasteiger partial charge in [-0.1, -0.05) is 27.2 Å². The minimum Gasteiger partial charge on any atom is -0.396 e. The van der Waals surface area contributed by atoms with Gasteiger partial charge in [-0.15, -0.1) is 11.3 Å². The molecule has 0 saturated carbocycles. The van der Waals surface area contributed by atoms with Crippen LogP contribution in [0.3, 0.4) is 0 Å². The summed E-state index contributed by atoms with van der Waals surface area (Å²) in [4.78, 5) is 14.2. The van der Waals surface area contributed by atoms with Gasteiger partial charge in [0, 0.05) is 18.0 Å². The predicted octanol–water partition coefficient (Wildman–Crippen LogP) is 3.01. The zero-order valence-electron chi connectivity index (χ0n) is 12.2. The lowest BCUT2D eigenvalue weighted by Gasteiger charge is -2.10. The van der Waals surface area contributed by atoms with Crippen molar-refractivity contribution in [2.75, 3.05) is 13.2 Å². The zero-order valence-corrected chi connectivity index (χ0v) is 13.0. The molecule has 0 aromatic carbocycles. The Labute approximate surface area is 120 Å². The van der Waals surface area contributed by atoms with E-state index in [1.165, 1.54) is 10.4 Å². The van der Waals surface area contributed by atoms with Crippen LogP contribution in [0.2, 0.25) is 0 Å². The van der Waals surface area contributed by atoms with E-state index in [1.54, 1.807) is 11.3 Å². The molecule has 0 aliphatic heterocycles. The molecule has 1 atom stereocenters. The molecule has 19 heavy (non-hydrogen) atoms. The number of thiophene rings is 1. The fourth-order valence-electron chi connectivity index (χ4n) is 1.99. The van der Waals surface area contributed by atoms with Gasteiger partial charge in [0.05, 0.1) is 4.88 Å². The van der Waals surface area contributed by atoms with E-state index in [0.29, 0.717) is 12.5 Å². The zero-order chi connectivity index (χ0) is 14.3. The van der Waals surface area contributed by atoms with E-state index in [9.17, 15) is 4.79 Å². The summed E-state index contributed by atoms with van der Waals surface area (Å²) in [7, 11) is 0. The highest BCUT2D eigenvalue weighted by Gasteiger charge is 2.13. The van der Waals surface area contributed by atoms with E-state index in [2.05, 4.69) is 19.2 Å². The van der Waals surface area contributed by atoms with Crippen molar-refractivity contribution in [1.29, 1.82) is 0 Å². The molecular weight excluding hydrogens is 258 g/mol. The third-order valence-corrected chi connectivity index (χ3v) is 4.45. The van der Waals surface area contributed by atoms with Crippen molar-refractivity contribution in [2.24, 2.45) is 5.92 Å². The van der Waals surface area contributed by atoms with Gasteiger partial charge in [-0.25, -0.2) is 0 Å². The summed E-state index contributed by atoms with van der Waals surface area (Å²) in [5.41, 5.74) is 1.31. The van der Waals surface area contributed by atoms with Gasteiger partial charge in [-0.2, -0.15) is 0 Å². The second kappa shape index (κ2) is 8.33. The molecule has 0 saturated heterocycles. The Bertz CT molecular complexity index is 401. The Balaban J connectivity index is 2.61. The fraction of sp³-hybridized carbons (Fsp3) is 0.667. The summed E-state index contributed by atoms with van der Waals surface area (Å²) in [6.45, 7) is 7.13. The SMILES string of the molecule is CCCc1sc(C(=O)NCC(C)CCO)cc1CC. The Morgan fingerprint density at radius 1 is 1.47 bits per heavy atom. The van der Waals surface area contributed by atoms with Crippen molar-refractivity contribution in [2.45, 2.75) is 46.5 Å². The Hall–Kier alpha value is -0.870. The predicted molar refractivity (Wildman–Crippen MR) is 80.9 cm³/mol. The van der Waals surface area contributed by atoms with Gasteiger partial charge in [0.25, 0.3) is 5.91 Å². The first-order valence-corrected chi connectivity index (χ1v) is 7.94. The summed E-state index contributed by atoms with van der Waals surface area (Å²) in [6.07, 6.45) is 3.89. The number of aliphatic hydroxyl groups excluding tert-OH is 1. The van der Waals surface area contributed by atoms with Crippen LogP contribution in [0.4, 0.5) is 0 Å². The van der Waals surface area contributed by atoms with Crippen molar-refractivity contribution >= 4 is 17.2 Å². The quantitative estimate of drug-likeness (QED) is 0.770. The normalized spacial score (nSPS) is 12.4. The smallest absolute Gasteiger partial charge is 0.261 e. The van der Waals surface area contributed by atoms with Crippen LogP contribution in [-0.2, 0) is 12.8 Å². The minimum atomic E-state index is 0.0202. The average molecular weight is 283 g/mol. The molecule has 0 spiro atoms. The van der Waals surface area contributed by atoms with Gasteiger partial charge in [-0.05, 0) is 36.8 Å². The van der Waals surface area contributed by atoms with E-state index in [1.807, 2.05) is 13.0 Å². The van der Waals surface area contributed by atoms with Crippen molar-refractivity contribution < 1.29 is 9.90 Å². The summed E-state index contributed by atoms with van der Waals surface area (Å²) in [5.74, 6) is 0.335. The number of amides is 1. The second-order valence-corrected chi connectivity index (χ2v) is 6.13. The largest absolute Gasteiger partial charge is 0.396 e. The molecule has 1 rings (SSSR count). The Morgan fingerprint density at radius 2 is 2.21 bits per heavy atom. The van der Waals surface area contributed by atoms with E-state index < -0.39 is 0 Å². The highest BCUT2D eigenvalue weighted by Crippen LogP contribution is 2.24. The maximum absolute atomic E-state index is 12.1. The topological polar surface area (TPSA) is 49.3 Å². The first kappa shape index (κ1) is 16.2.